The van der Waals surface area contributed by atoms with Gasteiger partial charge in [0, 0.05) is 17.7 Å². The van der Waals surface area contributed by atoms with Crippen molar-refractivity contribution in [1.82, 2.24) is 14.6 Å². The number of hydrogen-bond acceptors (Lipinski definition) is 6. The molecule has 0 aliphatic carbocycles. The molecule has 0 aliphatic heterocycles. The van der Waals surface area contributed by atoms with E-state index in [9.17, 15) is 9.59 Å². The van der Waals surface area contributed by atoms with Crippen LogP contribution in [0.1, 0.15) is 36.7 Å². The number of carbonyl (C=O) groups excluding carboxylic acids is 1. The highest BCUT2D eigenvalue weighted by atomic mass is 16.5. The molecule has 2 N–H and O–H groups in total. The smallest absolute Gasteiger partial charge is 0.341 e. The third kappa shape index (κ3) is 5.50. The molecule has 1 amide bonds. The van der Waals surface area contributed by atoms with Gasteiger partial charge in [-0.3, -0.25) is 4.79 Å². The fraction of sp³-hybridized carbons (Fsp3) is 0.200. The van der Waals surface area contributed by atoms with E-state index in [1.807, 2.05) is 12.1 Å². The monoisotopic (exact) mass is 460 g/mol. The number of aromatic nitrogens is 3. The van der Waals surface area contributed by atoms with E-state index in [1.54, 1.807) is 54.7 Å². The van der Waals surface area contributed by atoms with E-state index in [0.717, 1.165) is 5.56 Å². The zero-order chi connectivity index (χ0) is 24.3. The van der Waals surface area contributed by atoms with Crippen LogP contribution in [0.15, 0.2) is 66.9 Å². The number of amides is 1. The van der Waals surface area contributed by atoms with Gasteiger partial charge < -0.3 is 19.9 Å². The van der Waals surface area contributed by atoms with Gasteiger partial charge in [-0.2, -0.15) is 0 Å². The Hall–Kier alpha value is -4.40. The average molecular weight is 460 g/mol. The normalized spacial score (nSPS) is 11.3. The Balaban J connectivity index is 1.45. The molecular formula is C25H24N4O5. The van der Waals surface area contributed by atoms with Crippen LogP contribution in [0.3, 0.4) is 0 Å². The summed E-state index contributed by atoms with van der Waals surface area (Å²) in [6.45, 7) is 5.91. The summed E-state index contributed by atoms with van der Waals surface area (Å²) in [6.07, 6.45) is 1.59. The Morgan fingerprint density at radius 2 is 1.76 bits per heavy atom. The number of anilines is 1. The van der Waals surface area contributed by atoms with Crippen LogP contribution in [0.4, 0.5) is 5.82 Å². The SMILES string of the molecule is CC(C)(C)c1ccc(C(=O)Nc2cn3nc(Oc4cccc(OCC(=O)O)c4)ccc3n2)cc1. The number of aliphatic carboxylic acids is 1. The maximum Gasteiger partial charge on any atom is 0.341 e. The number of nitrogens with one attached hydrogen (secondary N) is 1. The minimum atomic E-state index is -1.07. The molecule has 174 valence electrons. The van der Waals surface area contributed by atoms with E-state index in [-0.39, 0.29) is 17.2 Å². The van der Waals surface area contributed by atoms with E-state index in [4.69, 9.17) is 14.6 Å². The van der Waals surface area contributed by atoms with Crippen molar-refractivity contribution < 1.29 is 24.2 Å². The molecule has 0 fully saturated rings. The second-order valence-corrected chi connectivity index (χ2v) is 8.64. The zero-order valence-electron chi connectivity index (χ0n) is 19.0. The average Bonchev–Trinajstić information content (AvgIpc) is 3.19. The third-order valence-electron chi connectivity index (χ3n) is 4.94. The van der Waals surface area contributed by atoms with Crippen LogP contribution in [0, 0.1) is 0 Å². The standard InChI is InChI=1S/C25H24N4O5/c1-25(2,3)17-9-7-16(8-10-17)24(32)27-20-14-29-21(26-20)11-12-22(28-29)34-19-6-4-5-18(13-19)33-15-23(30)31/h4-14H,15H2,1-3H3,(H,27,32)(H,30,31). The Labute approximate surface area is 196 Å². The maximum absolute atomic E-state index is 12.6. The predicted molar refractivity (Wildman–Crippen MR) is 126 cm³/mol. The topological polar surface area (TPSA) is 115 Å². The van der Waals surface area contributed by atoms with E-state index in [2.05, 4.69) is 36.2 Å². The fourth-order valence-corrected chi connectivity index (χ4v) is 3.18. The second kappa shape index (κ2) is 9.22. The minimum absolute atomic E-state index is 0.00879. The van der Waals surface area contributed by atoms with Gasteiger partial charge in [0.05, 0.1) is 6.20 Å². The van der Waals surface area contributed by atoms with Crippen molar-refractivity contribution in [3.8, 4) is 17.4 Å². The maximum atomic E-state index is 12.6. The Morgan fingerprint density at radius 3 is 2.47 bits per heavy atom. The molecule has 0 saturated carbocycles. The van der Waals surface area contributed by atoms with Crippen molar-refractivity contribution >= 4 is 23.3 Å². The summed E-state index contributed by atoms with van der Waals surface area (Å²) >= 11 is 0. The lowest BCUT2D eigenvalue weighted by Gasteiger charge is -2.18. The molecule has 0 aliphatic rings. The molecule has 2 aromatic heterocycles. The van der Waals surface area contributed by atoms with Crippen molar-refractivity contribution in [3.05, 3.63) is 78.0 Å². The van der Waals surface area contributed by atoms with Gasteiger partial charge in [0.1, 0.15) is 11.5 Å². The number of hydrogen-bond donors (Lipinski definition) is 2. The van der Waals surface area contributed by atoms with Crippen LogP contribution in [-0.4, -0.2) is 38.2 Å². The van der Waals surface area contributed by atoms with Gasteiger partial charge in [-0.25, -0.2) is 14.3 Å². The zero-order valence-corrected chi connectivity index (χ0v) is 19.0. The summed E-state index contributed by atoms with van der Waals surface area (Å²) in [5, 5.41) is 15.9. The van der Waals surface area contributed by atoms with E-state index in [1.165, 1.54) is 4.52 Å². The van der Waals surface area contributed by atoms with Crippen molar-refractivity contribution in [2.45, 2.75) is 26.2 Å². The first-order valence-corrected chi connectivity index (χ1v) is 10.6. The van der Waals surface area contributed by atoms with Crippen LogP contribution in [0.25, 0.3) is 5.65 Å². The van der Waals surface area contributed by atoms with Crippen LogP contribution < -0.4 is 14.8 Å². The van der Waals surface area contributed by atoms with Gasteiger partial charge >= 0.3 is 5.97 Å². The molecule has 2 aromatic carbocycles. The van der Waals surface area contributed by atoms with Gasteiger partial charge in [-0.1, -0.05) is 39.0 Å². The van der Waals surface area contributed by atoms with Gasteiger partial charge in [0.15, 0.2) is 18.1 Å². The number of benzene rings is 2. The third-order valence-corrected chi connectivity index (χ3v) is 4.94. The van der Waals surface area contributed by atoms with Crippen LogP contribution >= 0.6 is 0 Å². The molecule has 0 bridgehead atoms. The quantitative estimate of drug-likeness (QED) is 0.416. The molecule has 4 rings (SSSR count). The first-order valence-electron chi connectivity index (χ1n) is 10.6. The lowest BCUT2D eigenvalue weighted by Crippen LogP contribution is -2.14. The number of rotatable bonds is 7. The predicted octanol–water partition coefficient (Wildman–Crippen LogP) is 4.53. The summed E-state index contributed by atoms with van der Waals surface area (Å²) in [5.41, 5.74) is 2.22. The van der Waals surface area contributed by atoms with Gasteiger partial charge in [0.25, 0.3) is 5.91 Å². The highest BCUT2D eigenvalue weighted by Gasteiger charge is 2.15. The van der Waals surface area contributed by atoms with Crippen LogP contribution in [0.5, 0.6) is 17.4 Å². The van der Waals surface area contributed by atoms with Gasteiger partial charge in [-0.05, 0) is 41.3 Å². The molecule has 34 heavy (non-hydrogen) atoms. The second-order valence-electron chi connectivity index (χ2n) is 8.64. The number of carboxylic acids is 1. The molecule has 0 saturated heterocycles. The first kappa shape index (κ1) is 22.8. The Bertz CT molecular complexity index is 1340. The molecule has 0 spiro atoms. The molecule has 9 nitrogen and oxygen atoms in total. The number of imidazole rings is 1. The number of nitrogens with zero attached hydrogens (tertiary/aromatic N) is 3. The van der Waals surface area contributed by atoms with E-state index in [0.29, 0.717) is 28.5 Å². The van der Waals surface area contributed by atoms with Crippen molar-refractivity contribution in [2.75, 3.05) is 11.9 Å². The van der Waals surface area contributed by atoms with Crippen molar-refractivity contribution in [3.63, 3.8) is 0 Å². The molecular weight excluding hydrogens is 436 g/mol. The van der Waals surface area contributed by atoms with Crippen molar-refractivity contribution in [1.29, 1.82) is 0 Å². The number of carbonyl (C=O) groups is 2. The number of carboxylic acid groups (broad SMARTS) is 1. The molecule has 9 heteroatoms. The minimum Gasteiger partial charge on any atom is -0.482 e. The van der Waals surface area contributed by atoms with Crippen molar-refractivity contribution in [2.24, 2.45) is 0 Å². The van der Waals surface area contributed by atoms with E-state index >= 15 is 0 Å². The number of ether oxygens (including phenoxy) is 2. The Kier molecular flexibility index (Phi) is 6.18. The Morgan fingerprint density at radius 1 is 1.03 bits per heavy atom. The fourth-order valence-electron chi connectivity index (χ4n) is 3.18. The summed E-state index contributed by atoms with van der Waals surface area (Å²) in [4.78, 5) is 27.7. The van der Waals surface area contributed by atoms with Gasteiger partial charge in [-0.15, -0.1) is 5.10 Å². The lowest BCUT2D eigenvalue weighted by molar-refractivity contribution is -0.139. The highest BCUT2D eigenvalue weighted by molar-refractivity contribution is 6.03. The van der Waals surface area contributed by atoms with E-state index < -0.39 is 12.6 Å². The number of fused-ring (bicyclic) bond motifs is 1. The van der Waals surface area contributed by atoms with Crippen LogP contribution in [-0.2, 0) is 10.2 Å². The van der Waals surface area contributed by atoms with Gasteiger partial charge in [0.2, 0.25) is 5.88 Å². The highest BCUT2D eigenvalue weighted by Crippen LogP contribution is 2.25. The summed E-state index contributed by atoms with van der Waals surface area (Å²) in [7, 11) is 0. The molecule has 2 heterocycles. The molecule has 4 aromatic rings. The lowest BCUT2D eigenvalue weighted by atomic mass is 9.87. The molecule has 0 radical (unpaired) electrons. The largest absolute Gasteiger partial charge is 0.482 e. The van der Waals surface area contributed by atoms with Crippen LogP contribution in [0.2, 0.25) is 0 Å². The molecule has 0 atom stereocenters. The summed E-state index contributed by atoms with van der Waals surface area (Å²) in [6, 6.07) is 17.4. The summed E-state index contributed by atoms with van der Waals surface area (Å²) < 4.78 is 12.4. The summed E-state index contributed by atoms with van der Waals surface area (Å²) in [5.74, 6) is 0.114. The first-order chi connectivity index (χ1) is 16.2. The molecule has 0 unspecified atom stereocenters.